The molecule has 0 spiro atoms. The van der Waals surface area contributed by atoms with E-state index in [2.05, 4.69) is 11.3 Å². The number of carboxylic acid groups (broad SMARTS) is 1. The molecule has 12 heavy (non-hydrogen) atoms. The number of hydrogen-bond acceptors (Lipinski definition) is 4. The molecule has 1 atom stereocenters. The number of aliphatic hydroxyl groups is 1. The van der Waals surface area contributed by atoms with Crippen molar-refractivity contribution in [1.82, 2.24) is 0 Å². The molecule has 0 aromatic heterocycles. The molecule has 2 N–H and O–H groups in total. The second kappa shape index (κ2) is 7.74. The van der Waals surface area contributed by atoms with E-state index >= 15 is 0 Å². The molecule has 70 valence electrons. The van der Waals surface area contributed by atoms with Gasteiger partial charge in [-0.1, -0.05) is 6.58 Å². The topological polar surface area (TPSA) is 83.8 Å². The monoisotopic (exact) mass is 176 g/mol. The quantitative estimate of drug-likeness (QED) is 0.462. The number of carboxylic acids is 1. The van der Waals surface area contributed by atoms with Crippen LogP contribution < -0.4 is 0 Å². The van der Waals surface area contributed by atoms with Crippen LogP contribution in [0.4, 0.5) is 0 Å². The molecule has 0 heterocycles. The summed E-state index contributed by atoms with van der Waals surface area (Å²) in [6.07, 6.45) is -0.132. The van der Waals surface area contributed by atoms with Crippen LogP contribution in [0, 0.1) is 0 Å². The van der Waals surface area contributed by atoms with Crippen molar-refractivity contribution >= 4 is 11.9 Å². The molecule has 0 aliphatic carbocycles. The van der Waals surface area contributed by atoms with Crippen molar-refractivity contribution in [2.45, 2.75) is 20.0 Å². The Bertz CT molecular complexity index is 161. The maximum atomic E-state index is 9.75. The first-order valence-corrected chi connectivity index (χ1v) is 3.10. The zero-order valence-corrected chi connectivity index (χ0v) is 6.98. The van der Waals surface area contributed by atoms with Gasteiger partial charge in [0.1, 0.15) is 6.10 Å². The molecule has 0 aliphatic heterocycles. The van der Waals surface area contributed by atoms with Crippen LogP contribution >= 0.6 is 0 Å². The van der Waals surface area contributed by atoms with Gasteiger partial charge in [0.15, 0.2) is 0 Å². The first-order valence-electron chi connectivity index (χ1n) is 3.10. The maximum Gasteiger partial charge on any atom is 0.332 e. The van der Waals surface area contributed by atoms with E-state index in [1.165, 1.54) is 13.8 Å². The molecule has 5 nitrogen and oxygen atoms in total. The number of carbonyl (C=O) groups excluding carboxylic acids is 1. The van der Waals surface area contributed by atoms with Crippen molar-refractivity contribution < 1.29 is 24.5 Å². The summed E-state index contributed by atoms with van der Waals surface area (Å²) in [5.41, 5.74) is 0. The third-order valence-electron chi connectivity index (χ3n) is 0.607. The van der Waals surface area contributed by atoms with E-state index in [9.17, 15) is 9.59 Å². The smallest absolute Gasteiger partial charge is 0.332 e. The summed E-state index contributed by atoms with van der Waals surface area (Å²) >= 11 is 0. The lowest BCUT2D eigenvalue weighted by atomic mass is 10.4. The van der Waals surface area contributed by atoms with Gasteiger partial charge in [-0.25, -0.2) is 4.79 Å². The average molecular weight is 176 g/mol. The van der Waals surface area contributed by atoms with Crippen LogP contribution in [0.15, 0.2) is 12.8 Å². The molecule has 0 aromatic rings. The standard InChI is InChI=1S/C4H6O2.C3H6O3/c1-3-6-4(2)5;1-2(4)3(5)6/h3H,1H2,2H3;2,4H,1H3,(H,5,6). The van der Waals surface area contributed by atoms with Gasteiger partial charge in [0, 0.05) is 6.92 Å². The van der Waals surface area contributed by atoms with Gasteiger partial charge < -0.3 is 14.9 Å². The fourth-order valence-corrected chi connectivity index (χ4v) is 0.117. The van der Waals surface area contributed by atoms with Crippen LogP contribution in [0.3, 0.4) is 0 Å². The Hall–Kier alpha value is -1.36. The summed E-state index contributed by atoms with van der Waals surface area (Å²) in [5, 5.41) is 15.8. The number of carbonyl (C=O) groups is 2. The summed E-state index contributed by atoms with van der Waals surface area (Å²) in [6, 6.07) is 0. The van der Waals surface area contributed by atoms with Crippen molar-refractivity contribution in [1.29, 1.82) is 0 Å². The zero-order chi connectivity index (χ0) is 10.1. The van der Waals surface area contributed by atoms with Gasteiger partial charge in [-0.3, -0.25) is 4.79 Å². The summed E-state index contributed by atoms with van der Waals surface area (Å²) in [7, 11) is 0. The first kappa shape index (κ1) is 13.2. The van der Waals surface area contributed by atoms with Gasteiger partial charge in [-0.2, -0.15) is 0 Å². The largest absolute Gasteiger partial charge is 0.479 e. The van der Waals surface area contributed by atoms with E-state index < -0.39 is 12.1 Å². The molecular weight excluding hydrogens is 164 g/mol. The molecule has 5 heteroatoms. The van der Waals surface area contributed by atoms with Crippen molar-refractivity contribution in [3.8, 4) is 0 Å². The fourth-order valence-electron chi connectivity index (χ4n) is 0.117. The predicted molar refractivity (Wildman–Crippen MR) is 41.3 cm³/mol. The third kappa shape index (κ3) is 15.9. The summed E-state index contributed by atoms with van der Waals surface area (Å²) in [6.45, 7) is 5.68. The Kier molecular flexibility index (Phi) is 8.55. The predicted octanol–water partition coefficient (Wildman–Crippen LogP) is 0.145. The van der Waals surface area contributed by atoms with Crippen LogP contribution in [-0.2, 0) is 14.3 Å². The lowest BCUT2D eigenvalue weighted by Gasteiger charge is -1.89. The highest BCUT2D eigenvalue weighted by Crippen LogP contribution is 1.73. The highest BCUT2D eigenvalue weighted by atomic mass is 16.5. The molecule has 1 unspecified atom stereocenters. The summed E-state index contributed by atoms with van der Waals surface area (Å²) in [4.78, 5) is 19.2. The van der Waals surface area contributed by atoms with Crippen molar-refractivity contribution in [3.05, 3.63) is 12.8 Å². The molecule has 0 aliphatic rings. The van der Waals surface area contributed by atoms with Gasteiger partial charge >= 0.3 is 11.9 Å². The van der Waals surface area contributed by atoms with Crippen LogP contribution in [0.2, 0.25) is 0 Å². The molecule has 0 fully saturated rings. The Morgan fingerprint density at radius 2 is 1.92 bits per heavy atom. The minimum atomic E-state index is -1.23. The zero-order valence-electron chi connectivity index (χ0n) is 6.98. The van der Waals surface area contributed by atoms with E-state index in [0.29, 0.717) is 0 Å². The minimum Gasteiger partial charge on any atom is -0.479 e. The number of rotatable bonds is 2. The molecule has 0 amide bonds. The van der Waals surface area contributed by atoms with Gasteiger partial charge in [-0.05, 0) is 6.92 Å². The van der Waals surface area contributed by atoms with Gasteiger partial charge in [0.05, 0.1) is 6.26 Å². The van der Waals surface area contributed by atoms with Gasteiger partial charge in [0.25, 0.3) is 0 Å². The Balaban J connectivity index is 0. The second-order valence-electron chi connectivity index (χ2n) is 1.79. The SMILES string of the molecule is C=COC(C)=O.CC(O)C(=O)O. The first-order chi connectivity index (χ1) is 5.41. The lowest BCUT2D eigenvalue weighted by molar-refractivity contribution is -0.145. The van der Waals surface area contributed by atoms with Gasteiger partial charge in [0.2, 0.25) is 0 Å². The van der Waals surface area contributed by atoms with Crippen molar-refractivity contribution in [2.24, 2.45) is 0 Å². The van der Waals surface area contributed by atoms with Gasteiger partial charge in [-0.15, -0.1) is 0 Å². The van der Waals surface area contributed by atoms with Crippen LogP contribution in [0.25, 0.3) is 0 Å². The molecular formula is C7H12O5. The minimum absolute atomic E-state index is 0.329. The Morgan fingerprint density at radius 3 is 1.92 bits per heavy atom. The van der Waals surface area contributed by atoms with Crippen LogP contribution in [0.1, 0.15) is 13.8 Å². The van der Waals surface area contributed by atoms with E-state index in [0.717, 1.165) is 6.26 Å². The highest BCUT2D eigenvalue weighted by molar-refractivity contribution is 5.71. The second-order valence-corrected chi connectivity index (χ2v) is 1.79. The number of aliphatic carboxylic acids is 1. The van der Waals surface area contributed by atoms with Crippen molar-refractivity contribution in [2.75, 3.05) is 0 Å². The van der Waals surface area contributed by atoms with E-state index in [-0.39, 0.29) is 5.97 Å². The van der Waals surface area contributed by atoms with E-state index in [1.54, 1.807) is 0 Å². The Morgan fingerprint density at radius 1 is 1.58 bits per heavy atom. The normalized spacial score (nSPS) is 10.2. The number of ether oxygens (including phenoxy) is 1. The number of esters is 1. The fraction of sp³-hybridized carbons (Fsp3) is 0.429. The summed E-state index contributed by atoms with van der Waals surface area (Å²) < 4.78 is 4.17. The maximum absolute atomic E-state index is 9.75. The number of hydrogen-bond donors (Lipinski definition) is 2. The molecule has 0 saturated heterocycles. The molecule has 0 bridgehead atoms. The van der Waals surface area contributed by atoms with Crippen LogP contribution in [-0.4, -0.2) is 28.3 Å². The molecule has 0 aromatic carbocycles. The van der Waals surface area contributed by atoms with E-state index in [1.807, 2.05) is 0 Å². The third-order valence-corrected chi connectivity index (χ3v) is 0.607. The molecule has 0 saturated carbocycles. The molecule has 0 rings (SSSR count). The van der Waals surface area contributed by atoms with Crippen molar-refractivity contribution in [3.63, 3.8) is 0 Å². The number of aliphatic hydroxyl groups excluding tert-OH is 1. The average Bonchev–Trinajstić information content (AvgIpc) is 1.87. The van der Waals surface area contributed by atoms with E-state index in [4.69, 9.17) is 10.2 Å². The Labute approximate surface area is 70.3 Å². The van der Waals surface area contributed by atoms with Crippen LogP contribution in [0.5, 0.6) is 0 Å². The molecule has 0 radical (unpaired) electrons. The summed E-state index contributed by atoms with van der Waals surface area (Å²) in [5.74, 6) is -1.51. The highest BCUT2D eigenvalue weighted by Gasteiger charge is 2.01. The lowest BCUT2D eigenvalue weighted by Crippen LogP contribution is -2.13.